The Balaban J connectivity index is 1.67. The van der Waals surface area contributed by atoms with Crippen LogP contribution in [0.3, 0.4) is 0 Å². The van der Waals surface area contributed by atoms with Gasteiger partial charge >= 0.3 is 5.97 Å². The summed E-state index contributed by atoms with van der Waals surface area (Å²) in [5, 5.41) is 20.6. The van der Waals surface area contributed by atoms with E-state index in [1.807, 2.05) is 12.1 Å². The number of allylic oxidation sites excluding steroid dienone is 1. The molecule has 1 unspecified atom stereocenters. The third-order valence-electron chi connectivity index (χ3n) is 7.90. The lowest BCUT2D eigenvalue weighted by Crippen LogP contribution is -2.36. The number of carbonyl (C=O) groups is 1. The molecule has 2 N–H and O–H groups in total. The number of aromatic hydroxyl groups is 1. The predicted octanol–water partition coefficient (Wildman–Crippen LogP) is 6.07. The van der Waals surface area contributed by atoms with E-state index in [0.717, 1.165) is 29.7 Å². The molecule has 1 heterocycles. The van der Waals surface area contributed by atoms with Crippen LogP contribution in [0.25, 0.3) is 0 Å². The molecule has 4 heteroatoms. The molecule has 0 radical (unpaired) electrons. The van der Waals surface area contributed by atoms with Crippen molar-refractivity contribution in [2.24, 2.45) is 5.41 Å². The average Bonchev–Trinajstić information content (AvgIpc) is 3.25. The molecule has 1 aliphatic heterocycles. The van der Waals surface area contributed by atoms with Crippen LogP contribution in [-0.4, -0.2) is 21.8 Å². The number of unbranched alkanes of at least 4 members (excludes halogenated alkanes) is 3. The lowest BCUT2D eigenvalue weighted by atomic mass is 9.69. The van der Waals surface area contributed by atoms with E-state index >= 15 is 0 Å². The highest BCUT2D eigenvalue weighted by atomic mass is 16.5. The summed E-state index contributed by atoms with van der Waals surface area (Å²) < 4.78 is 6.47. The molecule has 2 aliphatic carbocycles. The number of ether oxygens (including phenoxy) is 1. The standard InChI is InChI=1S/C25H34O4/c1-5-6-7-8-10-23(2,3)17-13-19(26)21-18-12-16(22(27)28)9-11-25(18)15-24(25,4)29-20(21)14-17/h9,13-14,18,26H,5-8,10-12,15H2,1-4H3,(H,27,28)/t18-,24?,25-/m0/s1. The normalized spacial score (nSPS) is 29.8. The summed E-state index contributed by atoms with van der Waals surface area (Å²) in [7, 11) is 0. The van der Waals surface area contributed by atoms with E-state index in [4.69, 9.17) is 4.74 Å². The van der Waals surface area contributed by atoms with E-state index in [0.29, 0.717) is 18.4 Å². The summed E-state index contributed by atoms with van der Waals surface area (Å²) in [6, 6.07) is 4.01. The number of carboxylic acid groups (broad SMARTS) is 1. The van der Waals surface area contributed by atoms with Crippen LogP contribution in [0.1, 0.15) is 96.1 Å². The van der Waals surface area contributed by atoms with Crippen molar-refractivity contribution in [3.63, 3.8) is 0 Å². The number of phenolic OH excluding ortho intramolecular Hbond substituents is 1. The molecule has 1 saturated carbocycles. The highest BCUT2D eigenvalue weighted by molar-refractivity contribution is 5.87. The molecule has 3 atom stereocenters. The first-order chi connectivity index (χ1) is 13.6. The topological polar surface area (TPSA) is 66.8 Å². The maximum absolute atomic E-state index is 11.6. The fraction of sp³-hybridized carbons (Fsp3) is 0.640. The van der Waals surface area contributed by atoms with Crippen LogP contribution >= 0.6 is 0 Å². The van der Waals surface area contributed by atoms with Crippen LogP contribution in [-0.2, 0) is 10.2 Å². The molecule has 4 rings (SSSR count). The van der Waals surface area contributed by atoms with Crippen molar-refractivity contribution in [3.05, 3.63) is 34.9 Å². The van der Waals surface area contributed by atoms with Crippen molar-refractivity contribution in [2.45, 2.75) is 96.0 Å². The first-order valence-electron chi connectivity index (χ1n) is 11.1. The monoisotopic (exact) mass is 398 g/mol. The molecule has 4 nitrogen and oxygen atoms in total. The van der Waals surface area contributed by atoms with Gasteiger partial charge in [-0.3, -0.25) is 0 Å². The zero-order valence-corrected chi connectivity index (χ0v) is 18.2. The number of hydrogen-bond acceptors (Lipinski definition) is 3. The summed E-state index contributed by atoms with van der Waals surface area (Å²) in [6.07, 6.45) is 9.92. The van der Waals surface area contributed by atoms with Gasteiger partial charge in [0.1, 0.15) is 17.1 Å². The van der Waals surface area contributed by atoms with E-state index in [1.165, 1.54) is 25.7 Å². The lowest BCUT2D eigenvalue weighted by molar-refractivity contribution is -0.133. The fourth-order valence-corrected chi connectivity index (χ4v) is 5.79. The minimum Gasteiger partial charge on any atom is -0.508 e. The molecular weight excluding hydrogens is 364 g/mol. The van der Waals surface area contributed by atoms with Crippen molar-refractivity contribution in [3.8, 4) is 11.5 Å². The van der Waals surface area contributed by atoms with Crippen LogP contribution in [0.15, 0.2) is 23.8 Å². The van der Waals surface area contributed by atoms with Crippen molar-refractivity contribution >= 4 is 5.97 Å². The van der Waals surface area contributed by atoms with Gasteiger partial charge < -0.3 is 14.9 Å². The van der Waals surface area contributed by atoms with Gasteiger partial charge in [0.15, 0.2) is 0 Å². The van der Waals surface area contributed by atoms with Crippen LogP contribution in [0.4, 0.5) is 0 Å². The van der Waals surface area contributed by atoms with Gasteiger partial charge in [-0.1, -0.05) is 52.5 Å². The quantitative estimate of drug-likeness (QED) is 0.547. The SMILES string of the molecule is CCCCCCC(C)(C)c1cc(O)c2c(c1)OC1(C)C[C@]13CC=C(C(=O)O)C[C@@H]23. The van der Waals surface area contributed by atoms with Crippen LogP contribution in [0.5, 0.6) is 11.5 Å². The summed E-state index contributed by atoms with van der Waals surface area (Å²) >= 11 is 0. The van der Waals surface area contributed by atoms with Crippen molar-refractivity contribution < 1.29 is 19.7 Å². The summed E-state index contributed by atoms with van der Waals surface area (Å²) in [5.41, 5.74) is 2.00. The van der Waals surface area contributed by atoms with Gasteiger partial charge in [0.2, 0.25) is 0 Å². The number of fused-ring (bicyclic) bond motifs is 2. The number of carboxylic acids is 1. The second-order valence-corrected chi connectivity index (χ2v) is 10.3. The van der Waals surface area contributed by atoms with E-state index in [9.17, 15) is 15.0 Å². The predicted molar refractivity (Wildman–Crippen MR) is 114 cm³/mol. The largest absolute Gasteiger partial charge is 0.508 e. The molecule has 1 fully saturated rings. The minimum atomic E-state index is -0.848. The Kier molecular flexibility index (Phi) is 4.75. The zero-order valence-electron chi connectivity index (χ0n) is 18.2. The minimum absolute atomic E-state index is 0.00839. The van der Waals surface area contributed by atoms with Crippen LogP contribution in [0.2, 0.25) is 0 Å². The van der Waals surface area contributed by atoms with Gasteiger partial charge in [0.25, 0.3) is 0 Å². The van der Waals surface area contributed by atoms with Gasteiger partial charge in [-0.2, -0.15) is 0 Å². The molecule has 1 spiro atoms. The maximum Gasteiger partial charge on any atom is 0.331 e. The van der Waals surface area contributed by atoms with Gasteiger partial charge in [0.05, 0.1) is 0 Å². The highest BCUT2D eigenvalue weighted by Gasteiger charge is 2.73. The summed E-state index contributed by atoms with van der Waals surface area (Å²) in [4.78, 5) is 11.6. The number of hydrogen-bond donors (Lipinski definition) is 2. The Morgan fingerprint density at radius 1 is 1.28 bits per heavy atom. The fourth-order valence-electron chi connectivity index (χ4n) is 5.79. The van der Waals surface area contributed by atoms with E-state index < -0.39 is 5.97 Å². The Labute approximate surface area is 174 Å². The molecule has 0 amide bonds. The van der Waals surface area contributed by atoms with Crippen molar-refractivity contribution in [1.29, 1.82) is 0 Å². The number of rotatable bonds is 7. The summed E-state index contributed by atoms with van der Waals surface area (Å²) in [5.74, 6) is 0.187. The van der Waals surface area contributed by atoms with Gasteiger partial charge in [0, 0.05) is 22.5 Å². The van der Waals surface area contributed by atoms with Gasteiger partial charge in [-0.05, 0) is 55.7 Å². The second kappa shape index (κ2) is 6.78. The molecule has 0 saturated heterocycles. The van der Waals surface area contributed by atoms with E-state index in [2.05, 4.69) is 33.8 Å². The van der Waals surface area contributed by atoms with Crippen molar-refractivity contribution in [1.82, 2.24) is 0 Å². The Morgan fingerprint density at radius 2 is 2.03 bits per heavy atom. The first kappa shape index (κ1) is 20.3. The summed E-state index contributed by atoms with van der Waals surface area (Å²) in [6.45, 7) is 8.83. The third-order valence-corrected chi connectivity index (χ3v) is 7.90. The first-order valence-corrected chi connectivity index (χ1v) is 11.1. The zero-order chi connectivity index (χ0) is 21.0. The molecular formula is C25H34O4. The maximum atomic E-state index is 11.6. The molecule has 0 aromatic heterocycles. The van der Waals surface area contributed by atoms with E-state index in [1.54, 1.807) is 0 Å². The van der Waals surface area contributed by atoms with Crippen molar-refractivity contribution in [2.75, 3.05) is 0 Å². The second-order valence-electron chi connectivity index (χ2n) is 10.3. The smallest absolute Gasteiger partial charge is 0.331 e. The molecule has 158 valence electrons. The number of phenols is 1. The van der Waals surface area contributed by atoms with E-state index in [-0.39, 0.29) is 28.1 Å². The lowest BCUT2D eigenvalue weighted by Gasteiger charge is -2.41. The Hall–Kier alpha value is -1.97. The highest BCUT2D eigenvalue weighted by Crippen LogP contribution is 2.74. The number of benzene rings is 1. The van der Waals surface area contributed by atoms with Gasteiger partial charge in [-0.15, -0.1) is 0 Å². The third kappa shape index (κ3) is 3.15. The molecule has 29 heavy (non-hydrogen) atoms. The Morgan fingerprint density at radius 3 is 2.72 bits per heavy atom. The Bertz CT molecular complexity index is 868. The number of aliphatic carboxylic acids is 1. The average molecular weight is 399 g/mol. The molecule has 1 aromatic carbocycles. The molecule has 0 bridgehead atoms. The molecule has 1 aromatic rings. The van der Waals surface area contributed by atoms with Crippen LogP contribution in [0, 0.1) is 5.41 Å². The van der Waals surface area contributed by atoms with Crippen LogP contribution < -0.4 is 4.74 Å². The molecule has 3 aliphatic rings. The van der Waals surface area contributed by atoms with Gasteiger partial charge in [-0.25, -0.2) is 4.79 Å².